The van der Waals surface area contributed by atoms with Crippen LogP contribution in [0.1, 0.15) is 19.4 Å². The van der Waals surface area contributed by atoms with Gasteiger partial charge in [0.2, 0.25) is 0 Å². The molecule has 1 heterocycles. The number of hydrogen-bond acceptors (Lipinski definition) is 4. The molecule has 1 aromatic carbocycles. The van der Waals surface area contributed by atoms with Gasteiger partial charge in [-0.05, 0) is 38.2 Å². The van der Waals surface area contributed by atoms with Crippen LogP contribution in [0.5, 0.6) is 5.75 Å². The van der Waals surface area contributed by atoms with Crippen molar-refractivity contribution < 1.29 is 4.74 Å². The van der Waals surface area contributed by atoms with Crippen molar-refractivity contribution in [3.63, 3.8) is 0 Å². The maximum atomic E-state index is 5.90. The van der Waals surface area contributed by atoms with Gasteiger partial charge >= 0.3 is 0 Å². The van der Waals surface area contributed by atoms with Crippen LogP contribution >= 0.6 is 0 Å². The van der Waals surface area contributed by atoms with E-state index in [0.717, 1.165) is 45.1 Å². The number of piperazine rings is 1. The summed E-state index contributed by atoms with van der Waals surface area (Å²) in [5.74, 6) is 0.975. The van der Waals surface area contributed by atoms with Gasteiger partial charge in [-0.15, -0.1) is 0 Å². The maximum Gasteiger partial charge on any atom is 0.119 e. The lowest BCUT2D eigenvalue weighted by Crippen LogP contribution is -2.52. The van der Waals surface area contributed by atoms with Crippen molar-refractivity contribution in [2.45, 2.75) is 26.4 Å². The first-order chi connectivity index (χ1) is 10.2. The lowest BCUT2D eigenvalue weighted by atomic mass is 10.2. The molecule has 0 aromatic heterocycles. The molecule has 0 spiro atoms. The minimum atomic E-state index is 0.655. The Morgan fingerprint density at radius 1 is 1.33 bits per heavy atom. The molecule has 0 aliphatic carbocycles. The third kappa shape index (κ3) is 4.99. The Balaban J connectivity index is 1.73. The average Bonchev–Trinajstić information content (AvgIpc) is 2.48. The van der Waals surface area contributed by atoms with Crippen molar-refractivity contribution in [1.29, 1.82) is 0 Å². The maximum absolute atomic E-state index is 5.90. The molecule has 4 heteroatoms. The first-order valence-electron chi connectivity index (χ1n) is 8.05. The molecule has 1 saturated heterocycles. The number of ether oxygens (including phenoxy) is 1. The van der Waals surface area contributed by atoms with Gasteiger partial charge < -0.3 is 10.1 Å². The number of likely N-dealkylation sites (N-methyl/N-ethyl adjacent to an activating group) is 1. The largest absolute Gasteiger partial charge is 0.492 e. The van der Waals surface area contributed by atoms with Crippen LogP contribution < -0.4 is 10.1 Å². The van der Waals surface area contributed by atoms with Gasteiger partial charge in [0.15, 0.2) is 0 Å². The summed E-state index contributed by atoms with van der Waals surface area (Å²) < 4.78 is 5.90. The zero-order valence-corrected chi connectivity index (χ0v) is 13.6. The highest BCUT2D eigenvalue weighted by atomic mass is 16.5. The Hall–Kier alpha value is -1.10. The second-order valence-electron chi connectivity index (χ2n) is 5.80. The molecule has 1 N–H and O–H groups in total. The number of hydrogen-bond donors (Lipinski definition) is 1. The summed E-state index contributed by atoms with van der Waals surface area (Å²) in [6, 6.07) is 8.99. The summed E-state index contributed by atoms with van der Waals surface area (Å²) in [7, 11) is 1.96. The Labute approximate surface area is 129 Å². The van der Waals surface area contributed by atoms with Gasteiger partial charge in [-0.3, -0.25) is 9.80 Å². The summed E-state index contributed by atoms with van der Waals surface area (Å²) in [5, 5.41) is 3.17. The van der Waals surface area contributed by atoms with Crippen LogP contribution in [-0.2, 0) is 6.54 Å². The van der Waals surface area contributed by atoms with Gasteiger partial charge in [0, 0.05) is 38.8 Å². The molecule has 21 heavy (non-hydrogen) atoms. The highest BCUT2D eigenvalue weighted by Gasteiger charge is 2.21. The molecule has 1 aliphatic rings. The van der Waals surface area contributed by atoms with Crippen molar-refractivity contribution in [2.75, 3.05) is 46.4 Å². The van der Waals surface area contributed by atoms with Crippen molar-refractivity contribution in [1.82, 2.24) is 15.1 Å². The third-order valence-electron chi connectivity index (χ3n) is 4.21. The highest BCUT2D eigenvalue weighted by Crippen LogP contribution is 2.14. The van der Waals surface area contributed by atoms with Crippen molar-refractivity contribution in [2.24, 2.45) is 0 Å². The summed E-state index contributed by atoms with van der Waals surface area (Å²) >= 11 is 0. The van der Waals surface area contributed by atoms with Crippen LogP contribution in [-0.4, -0.2) is 62.2 Å². The second kappa shape index (κ2) is 8.37. The third-order valence-corrected chi connectivity index (χ3v) is 4.21. The molecule has 1 atom stereocenters. The topological polar surface area (TPSA) is 27.7 Å². The lowest BCUT2D eigenvalue weighted by molar-refractivity contribution is 0.0781. The van der Waals surface area contributed by atoms with E-state index in [9.17, 15) is 0 Å². The number of nitrogens with zero attached hydrogens (tertiary/aromatic N) is 2. The van der Waals surface area contributed by atoms with Gasteiger partial charge in [0.05, 0.1) is 0 Å². The molecule has 2 rings (SSSR count). The van der Waals surface area contributed by atoms with E-state index in [2.05, 4.69) is 47.2 Å². The first-order valence-corrected chi connectivity index (χ1v) is 8.05. The van der Waals surface area contributed by atoms with Crippen LogP contribution in [0.15, 0.2) is 24.3 Å². The molecule has 0 saturated carbocycles. The van der Waals surface area contributed by atoms with Crippen molar-refractivity contribution in [3.05, 3.63) is 29.8 Å². The van der Waals surface area contributed by atoms with Crippen LogP contribution in [0.3, 0.4) is 0 Å². The minimum Gasteiger partial charge on any atom is -0.492 e. The Kier molecular flexibility index (Phi) is 6.49. The molecule has 1 aromatic rings. The van der Waals surface area contributed by atoms with Gasteiger partial charge in [-0.1, -0.05) is 19.1 Å². The number of benzene rings is 1. The minimum absolute atomic E-state index is 0.655. The van der Waals surface area contributed by atoms with E-state index in [4.69, 9.17) is 4.74 Å². The van der Waals surface area contributed by atoms with E-state index in [1.54, 1.807) is 0 Å². The van der Waals surface area contributed by atoms with Gasteiger partial charge in [0.25, 0.3) is 0 Å². The summed E-state index contributed by atoms with van der Waals surface area (Å²) in [6.45, 7) is 11.9. The van der Waals surface area contributed by atoms with Gasteiger partial charge in [-0.25, -0.2) is 0 Å². The molecule has 1 aliphatic heterocycles. The van der Waals surface area contributed by atoms with E-state index in [1.165, 1.54) is 12.1 Å². The molecule has 118 valence electrons. The Morgan fingerprint density at radius 2 is 2.19 bits per heavy atom. The fourth-order valence-electron chi connectivity index (χ4n) is 2.99. The highest BCUT2D eigenvalue weighted by molar-refractivity contribution is 5.28. The van der Waals surface area contributed by atoms with Crippen LogP contribution in [0.4, 0.5) is 0 Å². The number of rotatable bonds is 7. The molecule has 1 unspecified atom stereocenters. The zero-order chi connectivity index (χ0) is 15.1. The van der Waals surface area contributed by atoms with Gasteiger partial charge in [0.1, 0.15) is 12.4 Å². The predicted octanol–water partition coefficient (Wildman–Crippen LogP) is 1.81. The summed E-state index contributed by atoms with van der Waals surface area (Å²) in [6.07, 6.45) is 0. The summed E-state index contributed by atoms with van der Waals surface area (Å²) in [4.78, 5) is 5.05. The molecule has 0 amide bonds. The van der Waals surface area contributed by atoms with Crippen LogP contribution in [0.25, 0.3) is 0 Å². The summed E-state index contributed by atoms with van der Waals surface area (Å²) in [5.41, 5.74) is 1.26. The molecule has 0 radical (unpaired) electrons. The van der Waals surface area contributed by atoms with E-state index >= 15 is 0 Å². The van der Waals surface area contributed by atoms with E-state index in [-0.39, 0.29) is 0 Å². The molecule has 0 bridgehead atoms. The smallest absolute Gasteiger partial charge is 0.119 e. The van der Waals surface area contributed by atoms with E-state index < -0.39 is 0 Å². The lowest BCUT2D eigenvalue weighted by Gasteiger charge is -2.39. The average molecular weight is 291 g/mol. The molecule has 1 fully saturated rings. The molecular weight excluding hydrogens is 262 g/mol. The SMILES string of the molecule is CCN1CCN(CCOc2cccc(CNC)c2)CC1C. The predicted molar refractivity (Wildman–Crippen MR) is 87.8 cm³/mol. The number of nitrogens with one attached hydrogen (secondary N) is 1. The van der Waals surface area contributed by atoms with E-state index in [0.29, 0.717) is 6.04 Å². The monoisotopic (exact) mass is 291 g/mol. The van der Waals surface area contributed by atoms with E-state index in [1.807, 2.05) is 13.1 Å². The van der Waals surface area contributed by atoms with Crippen molar-refractivity contribution in [3.8, 4) is 5.75 Å². The first kappa shape index (κ1) is 16.3. The fraction of sp³-hybridized carbons (Fsp3) is 0.647. The van der Waals surface area contributed by atoms with Crippen molar-refractivity contribution >= 4 is 0 Å². The Bertz CT molecular complexity index is 424. The standard InChI is InChI=1S/C17H29N3O/c1-4-20-9-8-19(14-15(20)2)10-11-21-17-7-5-6-16(12-17)13-18-3/h5-7,12,15,18H,4,8-11,13-14H2,1-3H3. The van der Waals surface area contributed by atoms with Crippen LogP contribution in [0, 0.1) is 0 Å². The second-order valence-corrected chi connectivity index (χ2v) is 5.80. The fourth-order valence-corrected chi connectivity index (χ4v) is 2.99. The van der Waals surface area contributed by atoms with Gasteiger partial charge in [-0.2, -0.15) is 0 Å². The normalized spacial score (nSPS) is 20.6. The van der Waals surface area contributed by atoms with Crippen LogP contribution in [0.2, 0.25) is 0 Å². The Morgan fingerprint density at radius 3 is 2.90 bits per heavy atom. The zero-order valence-electron chi connectivity index (χ0n) is 13.6. The molecular formula is C17H29N3O. The molecule has 4 nitrogen and oxygen atoms in total. The quantitative estimate of drug-likeness (QED) is 0.829.